The van der Waals surface area contributed by atoms with Gasteiger partial charge in [0.2, 0.25) is 0 Å². The molecule has 0 amide bonds. The second kappa shape index (κ2) is 7.57. The molecule has 0 radical (unpaired) electrons. The van der Waals surface area contributed by atoms with Crippen molar-refractivity contribution in [2.75, 3.05) is 33.3 Å². The van der Waals surface area contributed by atoms with E-state index in [2.05, 4.69) is 21.8 Å². The van der Waals surface area contributed by atoms with Gasteiger partial charge in [-0.05, 0) is 52.0 Å². The number of hydrogen-bond acceptors (Lipinski definition) is 6. The molecule has 2 aromatic rings. The van der Waals surface area contributed by atoms with Crippen LogP contribution < -0.4 is 0 Å². The predicted octanol–water partition coefficient (Wildman–Crippen LogP) is 2.60. The summed E-state index contributed by atoms with van der Waals surface area (Å²) in [7, 11) is 2.17. The van der Waals surface area contributed by atoms with Gasteiger partial charge in [0.25, 0.3) is 0 Å². The molecule has 0 saturated carbocycles. The van der Waals surface area contributed by atoms with Gasteiger partial charge in [0, 0.05) is 30.2 Å². The Kier molecular flexibility index (Phi) is 5.48. The molecule has 1 fully saturated rings. The topological polar surface area (TPSA) is 52.7 Å². The first-order valence-corrected chi connectivity index (χ1v) is 9.02. The van der Waals surface area contributed by atoms with E-state index in [0.29, 0.717) is 6.04 Å². The Bertz CT molecular complexity index is 617. The van der Waals surface area contributed by atoms with E-state index in [4.69, 9.17) is 4.42 Å². The molecule has 23 heavy (non-hydrogen) atoms. The first-order valence-electron chi connectivity index (χ1n) is 8.20. The zero-order chi connectivity index (χ0) is 16.2. The second-order valence-corrected chi connectivity index (χ2v) is 7.39. The van der Waals surface area contributed by atoms with Crippen LogP contribution in [0.15, 0.2) is 22.7 Å². The molecule has 1 saturated heterocycles. The van der Waals surface area contributed by atoms with Crippen molar-refractivity contribution in [2.45, 2.75) is 32.4 Å². The molecule has 0 aliphatic carbocycles. The van der Waals surface area contributed by atoms with Gasteiger partial charge in [0.05, 0.1) is 6.61 Å². The number of aliphatic hydroxyl groups is 1. The van der Waals surface area contributed by atoms with Crippen molar-refractivity contribution < 1.29 is 9.52 Å². The van der Waals surface area contributed by atoms with Crippen molar-refractivity contribution in [3.8, 4) is 10.8 Å². The normalized spacial score (nSPS) is 17.2. The monoisotopic (exact) mass is 335 g/mol. The molecule has 0 atom stereocenters. The van der Waals surface area contributed by atoms with Gasteiger partial charge in [-0.15, -0.1) is 11.3 Å². The summed E-state index contributed by atoms with van der Waals surface area (Å²) in [5.41, 5.74) is 0. The molecule has 2 aromatic heterocycles. The number of nitrogens with zero attached hydrogens (tertiary/aromatic N) is 3. The third kappa shape index (κ3) is 4.20. The highest BCUT2D eigenvalue weighted by atomic mass is 32.1. The Labute approximate surface area is 141 Å². The zero-order valence-electron chi connectivity index (χ0n) is 13.9. The zero-order valence-corrected chi connectivity index (χ0v) is 14.7. The average Bonchev–Trinajstić information content (AvgIpc) is 3.16. The standard InChI is InChI=1S/C17H25N3O2S/c1-13-3-4-16(22-13)17-18-11-15(23-17)12-20(9-10-21)14-5-7-19(2)8-6-14/h3-4,11,14,21H,5-10,12H2,1-2H3. The molecule has 6 heteroatoms. The first-order chi connectivity index (χ1) is 11.2. The molecule has 0 bridgehead atoms. The number of aliphatic hydroxyl groups excluding tert-OH is 1. The fraction of sp³-hybridized carbons (Fsp3) is 0.588. The highest BCUT2D eigenvalue weighted by Crippen LogP contribution is 2.28. The average molecular weight is 335 g/mol. The number of rotatable bonds is 6. The van der Waals surface area contributed by atoms with Gasteiger partial charge in [0.15, 0.2) is 10.8 Å². The van der Waals surface area contributed by atoms with Crippen molar-refractivity contribution in [3.05, 3.63) is 29.0 Å². The summed E-state index contributed by atoms with van der Waals surface area (Å²) in [5.74, 6) is 1.75. The molecular weight excluding hydrogens is 310 g/mol. The van der Waals surface area contributed by atoms with Crippen LogP contribution in [0.3, 0.4) is 0 Å². The lowest BCUT2D eigenvalue weighted by atomic mass is 10.0. The van der Waals surface area contributed by atoms with E-state index >= 15 is 0 Å². The van der Waals surface area contributed by atoms with Crippen molar-refractivity contribution in [1.29, 1.82) is 0 Å². The third-order valence-corrected chi connectivity index (χ3v) is 5.45. The minimum atomic E-state index is 0.204. The van der Waals surface area contributed by atoms with Crippen LogP contribution in [-0.2, 0) is 6.54 Å². The van der Waals surface area contributed by atoms with E-state index in [9.17, 15) is 5.11 Å². The van der Waals surface area contributed by atoms with Crippen LogP contribution in [0.25, 0.3) is 10.8 Å². The second-order valence-electron chi connectivity index (χ2n) is 6.27. The van der Waals surface area contributed by atoms with Gasteiger partial charge < -0.3 is 14.4 Å². The smallest absolute Gasteiger partial charge is 0.162 e. The lowest BCUT2D eigenvalue weighted by Gasteiger charge is -2.36. The van der Waals surface area contributed by atoms with Crippen LogP contribution in [0.2, 0.25) is 0 Å². The van der Waals surface area contributed by atoms with Crippen LogP contribution in [0.4, 0.5) is 0 Å². The number of aryl methyl sites for hydroxylation is 1. The molecular formula is C17H25N3O2S. The highest BCUT2D eigenvalue weighted by Gasteiger charge is 2.23. The maximum absolute atomic E-state index is 9.40. The SMILES string of the molecule is Cc1ccc(-c2ncc(CN(CCO)C3CCN(C)CC3)s2)o1. The van der Waals surface area contributed by atoms with E-state index in [1.54, 1.807) is 11.3 Å². The molecule has 126 valence electrons. The van der Waals surface area contributed by atoms with E-state index in [1.807, 2.05) is 25.3 Å². The molecule has 1 aliphatic heterocycles. The fourth-order valence-corrected chi connectivity index (χ4v) is 4.02. The molecule has 0 aromatic carbocycles. The van der Waals surface area contributed by atoms with Gasteiger partial charge in [-0.2, -0.15) is 0 Å². The Morgan fingerprint density at radius 2 is 2.17 bits per heavy atom. The summed E-state index contributed by atoms with van der Waals surface area (Å²) < 4.78 is 5.65. The molecule has 0 unspecified atom stereocenters. The van der Waals surface area contributed by atoms with Crippen LogP contribution in [0.5, 0.6) is 0 Å². The first kappa shape index (κ1) is 16.6. The van der Waals surface area contributed by atoms with Gasteiger partial charge >= 0.3 is 0 Å². The molecule has 3 heterocycles. The lowest BCUT2D eigenvalue weighted by Crippen LogP contribution is -2.44. The van der Waals surface area contributed by atoms with Crippen LogP contribution in [-0.4, -0.2) is 59.2 Å². The summed E-state index contributed by atoms with van der Waals surface area (Å²) in [5, 5.41) is 10.3. The van der Waals surface area contributed by atoms with Crippen LogP contribution in [0, 0.1) is 6.92 Å². The van der Waals surface area contributed by atoms with Crippen molar-refractivity contribution >= 4 is 11.3 Å². The number of furan rings is 1. The van der Waals surface area contributed by atoms with E-state index in [-0.39, 0.29) is 6.61 Å². The summed E-state index contributed by atoms with van der Waals surface area (Å²) in [6, 6.07) is 4.49. The molecule has 1 aliphatic rings. The van der Waals surface area contributed by atoms with Crippen molar-refractivity contribution in [1.82, 2.24) is 14.8 Å². The molecule has 5 nitrogen and oxygen atoms in total. The molecule has 3 rings (SSSR count). The van der Waals surface area contributed by atoms with Gasteiger partial charge in [-0.25, -0.2) is 4.98 Å². The summed E-state index contributed by atoms with van der Waals surface area (Å²) >= 11 is 1.68. The third-order valence-electron chi connectivity index (χ3n) is 4.46. The Hall–Kier alpha value is -1.21. The van der Waals surface area contributed by atoms with Gasteiger partial charge in [-0.1, -0.05) is 0 Å². The number of thiazole rings is 1. The number of piperidine rings is 1. The van der Waals surface area contributed by atoms with Crippen LogP contribution in [0.1, 0.15) is 23.5 Å². The van der Waals surface area contributed by atoms with E-state index < -0.39 is 0 Å². The Morgan fingerprint density at radius 3 is 2.83 bits per heavy atom. The van der Waals surface area contributed by atoms with E-state index in [0.717, 1.165) is 42.7 Å². The number of likely N-dealkylation sites (tertiary alicyclic amines) is 1. The van der Waals surface area contributed by atoms with E-state index in [1.165, 1.54) is 17.7 Å². The fourth-order valence-electron chi connectivity index (χ4n) is 3.12. The predicted molar refractivity (Wildman–Crippen MR) is 92.6 cm³/mol. The van der Waals surface area contributed by atoms with Gasteiger partial charge in [-0.3, -0.25) is 4.90 Å². The summed E-state index contributed by atoms with van der Waals surface area (Å²) in [6.07, 6.45) is 4.27. The maximum Gasteiger partial charge on any atom is 0.162 e. The van der Waals surface area contributed by atoms with Gasteiger partial charge in [0.1, 0.15) is 5.76 Å². The van der Waals surface area contributed by atoms with Crippen LogP contribution >= 0.6 is 11.3 Å². The minimum Gasteiger partial charge on any atom is -0.459 e. The Morgan fingerprint density at radius 1 is 1.39 bits per heavy atom. The van der Waals surface area contributed by atoms with Crippen molar-refractivity contribution in [3.63, 3.8) is 0 Å². The number of hydrogen-bond donors (Lipinski definition) is 1. The largest absolute Gasteiger partial charge is 0.459 e. The molecule has 0 spiro atoms. The highest BCUT2D eigenvalue weighted by molar-refractivity contribution is 7.14. The Balaban J connectivity index is 1.67. The quantitative estimate of drug-likeness (QED) is 0.879. The number of aromatic nitrogens is 1. The van der Waals surface area contributed by atoms with Crippen molar-refractivity contribution in [2.24, 2.45) is 0 Å². The maximum atomic E-state index is 9.40. The minimum absolute atomic E-state index is 0.204. The summed E-state index contributed by atoms with van der Waals surface area (Å²) in [6.45, 7) is 5.99. The summed E-state index contributed by atoms with van der Waals surface area (Å²) in [4.78, 5) is 10.5. The molecule has 1 N–H and O–H groups in total. The lowest BCUT2D eigenvalue weighted by molar-refractivity contribution is 0.0949.